The zero-order valence-corrected chi connectivity index (χ0v) is 15.1. The highest BCUT2D eigenvalue weighted by molar-refractivity contribution is 5.99. The number of likely N-dealkylation sites (tertiary alicyclic amines) is 1. The quantitative estimate of drug-likeness (QED) is 0.757. The van der Waals surface area contributed by atoms with Crippen molar-refractivity contribution in [3.05, 3.63) is 59.2 Å². The molecule has 0 aliphatic carbocycles. The zero-order valence-electron chi connectivity index (χ0n) is 15.1. The number of ether oxygens (including phenoxy) is 2. The first-order valence-electron chi connectivity index (χ1n) is 9.21. The maximum atomic E-state index is 13.8. The molecule has 1 saturated heterocycles. The Bertz CT molecular complexity index is 923. The summed E-state index contributed by atoms with van der Waals surface area (Å²) in [6, 6.07) is 7.97. The Labute approximate surface area is 160 Å². The summed E-state index contributed by atoms with van der Waals surface area (Å²) in [4.78, 5) is 26.8. The van der Waals surface area contributed by atoms with E-state index < -0.39 is 17.5 Å². The molecule has 28 heavy (non-hydrogen) atoms. The summed E-state index contributed by atoms with van der Waals surface area (Å²) in [5.41, 5.74) is 0.266. The van der Waals surface area contributed by atoms with Gasteiger partial charge in [-0.15, -0.1) is 0 Å². The third-order valence-corrected chi connectivity index (χ3v) is 5.14. The summed E-state index contributed by atoms with van der Waals surface area (Å²) in [6.45, 7) is 1.56. The van der Waals surface area contributed by atoms with E-state index in [0.717, 1.165) is 18.2 Å². The number of hydrogen-bond acceptors (Lipinski definition) is 4. The SMILES string of the molecule is O=C(c1ccc2c(c1)OCCO2)C1CCN(C(=O)c2cc(F)ccc2F)CC1. The average Bonchev–Trinajstić information content (AvgIpc) is 2.74. The number of fused-ring (bicyclic) bond motifs is 1. The third-order valence-electron chi connectivity index (χ3n) is 5.14. The molecule has 0 bridgehead atoms. The van der Waals surface area contributed by atoms with Crippen LogP contribution in [0.25, 0.3) is 0 Å². The molecule has 2 aromatic carbocycles. The fourth-order valence-electron chi connectivity index (χ4n) is 3.61. The van der Waals surface area contributed by atoms with E-state index in [4.69, 9.17) is 9.47 Å². The molecular weight excluding hydrogens is 368 g/mol. The maximum absolute atomic E-state index is 13.8. The normalized spacial score (nSPS) is 16.7. The van der Waals surface area contributed by atoms with Crippen LogP contribution in [0.5, 0.6) is 11.5 Å². The van der Waals surface area contributed by atoms with Crippen molar-refractivity contribution in [1.82, 2.24) is 4.90 Å². The monoisotopic (exact) mass is 387 g/mol. The molecule has 0 aromatic heterocycles. The van der Waals surface area contributed by atoms with Gasteiger partial charge in [0.2, 0.25) is 0 Å². The minimum absolute atomic E-state index is 0.0130. The second kappa shape index (κ2) is 7.58. The number of carbonyl (C=O) groups is 2. The number of rotatable bonds is 3. The van der Waals surface area contributed by atoms with Crippen LogP contribution in [0, 0.1) is 17.6 Å². The van der Waals surface area contributed by atoms with Gasteiger partial charge in [-0.25, -0.2) is 8.78 Å². The lowest BCUT2D eigenvalue weighted by atomic mass is 9.88. The van der Waals surface area contributed by atoms with Crippen molar-refractivity contribution in [2.45, 2.75) is 12.8 Å². The van der Waals surface area contributed by atoms with Gasteiger partial charge in [-0.2, -0.15) is 0 Å². The van der Waals surface area contributed by atoms with Gasteiger partial charge in [-0.1, -0.05) is 0 Å². The Kier molecular flexibility index (Phi) is 4.98. The molecule has 2 aromatic rings. The second-order valence-corrected chi connectivity index (χ2v) is 6.91. The van der Waals surface area contributed by atoms with Crippen LogP contribution >= 0.6 is 0 Å². The van der Waals surface area contributed by atoms with Gasteiger partial charge in [0.05, 0.1) is 5.56 Å². The van der Waals surface area contributed by atoms with E-state index in [2.05, 4.69) is 0 Å². The average molecular weight is 387 g/mol. The molecule has 2 aliphatic rings. The molecule has 2 aliphatic heterocycles. The third kappa shape index (κ3) is 3.56. The lowest BCUT2D eigenvalue weighted by Crippen LogP contribution is -2.40. The summed E-state index contributed by atoms with van der Waals surface area (Å²) >= 11 is 0. The van der Waals surface area contributed by atoms with Crippen LogP contribution < -0.4 is 9.47 Å². The Morgan fingerprint density at radius 2 is 1.64 bits per heavy atom. The van der Waals surface area contributed by atoms with Crippen LogP contribution in [0.15, 0.2) is 36.4 Å². The smallest absolute Gasteiger partial charge is 0.256 e. The van der Waals surface area contributed by atoms with Crippen molar-refractivity contribution in [1.29, 1.82) is 0 Å². The highest BCUT2D eigenvalue weighted by Gasteiger charge is 2.30. The Hall–Kier alpha value is -2.96. The van der Waals surface area contributed by atoms with E-state index in [0.29, 0.717) is 56.2 Å². The van der Waals surface area contributed by atoms with E-state index in [1.54, 1.807) is 18.2 Å². The van der Waals surface area contributed by atoms with Crippen LogP contribution in [0.2, 0.25) is 0 Å². The molecule has 0 unspecified atom stereocenters. The highest BCUT2D eigenvalue weighted by atomic mass is 19.1. The van der Waals surface area contributed by atoms with Gasteiger partial charge >= 0.3 is 0 Å². The lowest BCUT2D eigenvalue weighted by molar-refractivity contribution is 0.0646. The molecular formula is C21H19F2NO4. The van der Waals surface area contributed by atoms with E-state index in [-0.39, 0.29) is 17.3 Å². The number of ketones is 1. The van der Waals surface area contributed by atoms with Crippen molar-refractivity contribution in [2.24, 2.45) is 5.92 Å². The van der Waals surface area contributed by atoms with Gasteiger partial charge in [0.15, 0.2) is 17.3 Å². The Morgan fingerprint density at radius 1 is 0.929 bits per heavy atom. The van der Waals surface area contributed by atoms with Crippen LogP contribution in [-0.4, -0.2) is 42.9 Å². The fourth-order valence-corrected chi connectivity index (χ4v) is 3.61. The van der Waals surface area contributed by atoms with Gasteiger partial charge < -0.3 is 14.4 Å². The molecule has 5 nitrogen and oxygen atoms in total. The van der Waals surface area contributed by atoms with Gasteiger partial charge in [0.25, 0.3) is 5.91 Å². The van der Waals surface area contributed by atoms with Gasteiger partial charge in [0, 0.05) is 24.6 Å². The lowest BCUT2D eigenvalue weighted by Gasteiger charge is -2.31. The van der Waals surface area contributed by atoms with Crippen molar-refractivity contribution >= 4 is 11.7 Å². The maximum Gasteiger partial charge on any atom is 0.256 e. The number of Topliss-reactive ketones (excluding diaryl/α,β-unsaturated/α-hetero) is 1. The van der Waals surface area contributed by atoms with Crippen LogP contribution in [0.3, 0.4) is 0 Å². The molecule has 0 spiro atoms. The van der Waals surface area contributed by atoms with E-state index >= 15 is 0 Å². The Morgan fingerprint density at radius 3 is 2.39 bits per heavy atom. The first-order valence-corrected chi connectivity index (χ1v) is 9.21. The topological polar surface area (TPSA) is 55.8 Å². The molecule has 0 saturated carbocycles. The summed E-state index contributed by atoms with van der Waals surface area (Å²) in [5.74, 6) is -1.02. The summed E-state index contributed by atoms with van der Waals surface area (Å²) in [5, 5.41) is 0. The predicted octanol–water partition coefficient (Wildman–Crippen LogP) is 3.47. The molecule has 7 heteroatoms. The van der Waals surface area contributed by atoms with Gasteiger partial charge in [0.1, 0.15) is 24.8 Å². The van der Waals surface area contributed by atoms with Gasteiger partial charge in [-0.3, -0.25) is 9.59 Å². The molecule has 0 atom stereocenters. The van der Waals surface area contributed by atoms with Crippen molar-refractivity contribution in [3.8, 4) is 11.5 Å². The number of piperidine rings is 1. The second-order valence-electron chi connectivity index (χ2n) is 6.91. The first kappa shape index (κ1) is 18.4. The molecule has 1 fully saturated rings. The van der Waals surface area contributed by atoms with Crippen LogP contribution in [0.1, 0.15) is 33.6 Å². The number of carbonyl (C=O) groups excluding carboxylic acids is 2. The van der Waals surface area contributed by atoms with Crippen molar-refractivity contribution in [3.63, 3.8) is 0 Å². The molecule has 1 amide bonds. The highest BCUT2D eigenvalue weighted by Crippen LogP contribution is 2.32. The largest absolute Gasteiger partial charge is 0.486 e. The number of halogens is 2. The van der Waals surface area contributed by atoms with Gasteiger partial charge in [-0.05, 0) is 49.2 Å². The first-order chi connectivity index (χ1) is 13.5. The van der Waals surface area contributed by atoms with E-state index in [1.165, 1.54) is 4.90 Å². The molecule has 0 N–H and O–H groups in total. The molecule has 2 heterocycles. The van der Waals surface area contributed by atoms with Crippen LogP contribution in [0.4, 0.5) is 8.78 Å². The summed E-state index contributed by atoms with van der Waals surface area (Å²) in [7, 11) is 0. The minimum Gasteiger partial charge on any atom is -0.486 e. The Balaban J connectivity index is 1.42. The van der Waals surface area contributed by atoms with Crippen molar-refractivity contribution < 1.29 is 27.8 Å². The van der Waals surface area contributed by atoms with Crippen LogP contribution in [-0.2, 0) is 0 Å². The predicted molar refractivity (Wildman–Crippen MR) is 96.7 cm³/mol. The minimum atomic E-state index is -0.749. The molecule has 0 radical (unpaired) electrons. The number of nitrogens with zero attached hydrogens (tertiary/aromatic N) is 1. The van der Waals surface area contributed by atoms with E-state index in [9.17, 15) is 18.4 Å². The fraction of sp³-hybridized carbons (Fsp3) is 0.333. The molecule has 146 valence electrons. The summed E-state index contributed by atoms with van der Waals surface area (Å²) < 4.78 is 38.2. The molecule has 4 rings (SSSR count). The standard InChI is InChI=1S/C21H19F2NO4/c22-15-2-3-17(23)16(12-15)21(26)24-7-5-13(6-8-24)20(25)14-1-4-18-19(11-14)28-10-9-27-18/h1-4,11-13H,5-10H2. The van der Waals surface area contributed by atoms with Crippen molar-refractivity contribution in [2.75, 3.05) is 26.3 Å². The number of benzene rings is 2. The van der Waals surface area contributed by atoms with E-state index in [1.807, 2.05) is 0 Å². The summed E-state index contributed by atoms with van der Waals surface area (Å²) in [6.07, 6.45) is 0.936. The number of hydrogen-bond donors (Lipinski definition) is 0. The zero-order chi connectivity index (χ0) is 19.7. The number of amides is 1.